The predicted octanol–water partition coefficient (Wildman–Crippen LogP) is 3.24. The lowest BCUT2D eigenvalue weighted by atomic mass is 9.98. The smallest absolute Gasteiger partial charge is 0.227 e. The minimum atomic E-state index is 0.123. The monoisotopic (exact) mass is 382 g/mol. The molecule has 0 N–H and O–H groups in total. The van der Waals surface area contributed by atoms with Gasteiger partial charge in [0.2, 0.25) is 11.8 Å². The molecule has 2 fully saturated rings. The molecule has 4 rings (SSSR count). The number of benzene rings is 1. The first kappa shape index (κ1) is 18.6. The highest BCUT2D eigenvalue weighted by Gasteiger charge is 2.43. The molecule has 2 aliphatic rings. The second kappa shape index (κ2) is 8.09. The van der Waals surface area contributed by atoms with E-state index in [9.17, 15) is 4.79 Å². The predicted molar refractivity (Wildman–Crippen MR) is 105 cm³/mol. The van der Waals surface area contributed by atoms with E-state index in [1.54, 1.807) is 20.4 Å². The highest BCUT2D eigenvalue weighted by Crippen LogP contribution is 2.38. The zero-order valence-electron chi connectivity index (χ0n) is 16.3. The first-order valence-electron chi connectivity index (χ1n) is 9.77. The fourth-order valence-electron chi connectivity index (χ4n) is 4.47. The molecule has 1 aromatic heterocycles. The Morgan fingerprint density at radius 3 is 2.46 bits per heavy atom. The Kier molecular flexibility index (Phi) is 5.37. The maximum Gasteiger partial charge on any atom is 0.227 e. The number of ether oxygens (including phenoxy) is 3. The van der Waals surface area contributed by atoms with Crippen LogP contribution in [0.3, 0.4) is 0 Å². The van der Waals surface area contributed by atoms with E-state index in [2.05, 4.69) is 9.88 Å². The van der Waals surface area contributed by atoms with Gasteiger partial charge in [0, 0.05) is 37.2 Å². The molecule has 0 saturated carbocycles. The van der Waals surface area contributed by atoms with E-state index in [0.29, 0.717) is 23.8 Å². The van der Waals surface area contributed by atoms with Crippen LogP contribution in [0.2, 0.25) is 0 Å². The number of carbonyl (C=O) groups is 1. The third-order valence-corrected chi connectivity index (χ3v) is 5.71. The second-order valence-electron chi connectivity index (χ2n) is 7.43. The summed E-state index contributed by atoms with van der Waals surface area (Å²) in [6, 6.07) is 11.9. The molecular formula is C22H26N2O4. The number of methoxy groups -OCH3 is 2. The molecule has 148 valence electrons. The number of fused-ring (bicyclic) bond motifs is 2. The third-order valence-electron chi connectivity index (χ3n) is 5.71. The highest BCUT2D eigenvalue weighted by molar-refractivity contribution is 5.80. The van der Waals surface area contributed by atoms with Gasteiger partial charge in [-0.05, 0) is 36.6 Å². The van der Waals surface area contributed by atoms with Crippen LogP contribution in [0.1, 0.15) is 31.2 Å². The van der Waals surface area contributed by atoms with Crippen LogP contribution < -0.4 is 14.2 Å². The minimum absolute atomic E-state index is 0.123. The van der Waals surface area contributed by atoms with Gasteiger partial charge in [0.15, 0.2) is 11.5 Å². The SMILES string of the molecule is COc1ccc(CC(=O)N2C3CCC2CC(Oc2ccccn2)C3)cc1OC. The van der Waals surface area contributed by atoms with E-state index in [1.807, 2.05) is 36.4 Å². The van der Waals surface area contributed by atoms with Gasteiger partial charge < -0.3 is 19.1 Å². The molecule has 3 heterocycles. The zero-order valence-corrected chi connectivity index (χ0v) is 16.3. The molecule has 6 heteroatoms. The Bertz CT molecular complexity index is 813. The van der Waals surface area contributed by atoms with E-state index >= 15 is 0 Å². The molecule has 2 bridgehead atoms. The number of pyridine rings is 1. The number of hydrogen-bond donors (Lipinski definition) is 0. The van der Waals surface area contributed by atoms with Crippen LogP contribution in [-0.4, -0.2) is 48.2 Å². The molecular weight excluding hydrogens is 356 g/mol. The van der Waals surface area contributed by atoms with E-state index in [4.69, 9.17) is 14.2 Å². The molecule has 1 amide bonds. The van der Waals surface area contributed by atoms with Crippen LogP contribution in [0.4, 0.5) is 0 Å². The summed E-state index contributed by atoms with van der Waals surface area (Å²) in [6.45, 7) is 0. The number of rotatable bonds is 6. The molecule has 2 atom stereocenters. The second-order valence-corrected chi connectivity index (χ2v) is 7.43. The summed E-state index contributed by atoms with van der Waals surface area (Å²) < 4.78 is 16.7. The van der Waals surface area contributed by atoms with Crippen molar-refractivity contribution in [2.45, 2.75) is 50.3 Å². The fraction of sp³-hybridized carbons (Fsp3) is 0.455. The summed E-state index contributed by atoms with van der Waals surface area (Å²) in [7, 11) is 3.22. The topological polar surface area (TPSA) is 60.9 Å². The fourth-order valence-corrected chi connectivity index (χ4v) is 4.47. The third kappa shape index (κ3) is 3.77. The van der Waals surface area contributed by atoms with E-state index < -0.39 is 0 Å². The van der Waals surface area contributed by atoms with Gasteiger partial charge in [-0.2, -0.15) is 0 Å². The molecule has 0 radical (unpaired) electrons. The molecule has 1 aromatic carbocycles. The van der Waals surface area contributed by atoms with Gasteiger partial charge in [-0.3, -0.25) is 4.79 Å². The molecule has 6 nitrogen and oxygen atoms in total. The summed E-state index contributed by atoms with van der Waals surface area (Å²) in [6.07, 6.45) is 6.06. The van der Waals surface area contributed by atoms with Gasteiger partial charge in [0.1, 0.15) is 6.10 Å². The molecule has 2 aliphatic heterocycles. The van der Waals surface area contributed by atoms with Crippen molar-refractivity contribution in [2.75, 3.05) is 14.2 Å². The van der Waals surface area contributed by atoms with Crippen molar-refractivity contribution < 1.29 is 19.0 Å². The Balaban J connectivity index is 1.41. The zero-order chi connectivity index (χ0) is 19.5. The maximum atomic E-state index is 13.0. The van der Waals surface area contributed by atoms with Gasteiger partial charge in [0.05, 0.1) is 20.6 Å². The normalized spacial score (nSPS) is 23.4. The summed E-state index contributed by atoms with van der Waals surface area (Å²) in [4.78, 5) is 19.4. The van der Waals surface area contributed by atoms with Crippen LogP contribution >= 0.6 is 0 Å². The van der Waals surface area contributed by atoms with Crippen molar-refractivity contribution in [2.24, 2.45) is 0 Å². The number of piperidine rings is 1. The van der Waals surface area contributed by atoms with Crippen molar-refractivity contribution in [1.82, 2.24) is 9.88 Å². The Morgan fingerprint density at radius 2 is 1.82 bits per heavy atom. The van der Waals surface area contributed by atoms with Crippen LogP contribution in [0.25, 0.3) is 0 Å². The summed E-state index contributed by atoms with van der Waals surface area (Å²) in [5.41, 5.74) is 0.939. The molecule has 2 unspecified atom stereocenters. The quantitative estimate of drug-likeness (QED) is 0.768. The largest absolute Gasteiger partial charge is 0.493 e. The van der Waals surface area contributed by atoms with Gasteiger partial charge in [-0.15, -0.1) is 0 Å². The van der Waals surface area contributed by atoms with Crippen molar-refractivity contribution in [1.29, 1.82) is 0 Å². The van der Waals surface area contributed by atoms with E-state index in [-0.39, 0.29) is 24.1 Å². The number of carbonyl (C=O) groups excluding carboxylic acids is 1. The number of aromatic nitrogens is 1. The van der Waals surface area contributed by atoms with E-state index in [0.717, 1.165) is 31.2 Å². The summed E-state index contributed by atoms with van der Waals surface area (Å²) in [5.74, 6) is 2.16. The van der Waals surface area contributed by atoms with Crippen LogP contribution in [-0.2, 0) is 11.2 Å². The van der Waals surface area contributed by atoms with Crippen LogP contribution in [0, 0.1) is 0 Å². The average molecular weight is 382 g/mol. The standard InChI is InChI=1S/C22H26N2O4/c1-26-19-9-6-15(11-20(19)27-2)12-22(25)24-16-7-8-17(24)14-18(13-16)28-21-5-3-4-10-23-21/h3-6,9-11,16-18H,7-8,12-14H2,1-2H3. The Morgan fingerprint density at radius 1 is 1.07 bits per heavy atom. The van der Waals surface area contributed by atoms with Gasteiger partial charge in [-0.25, -0.2) is 4.98 Å². The van der Waals surface area contributed by atoms with Crippen LogP contribution in [0.5, 0.6) is 17.4 Å². The first-order chi connectivity index (χ1) is 13.7. The minimum Gasteiger partial charge on any atom is -0.493 e. The lowest BCUT2D eigenvalue weighted by molar-refractivity contribution is -0.136. The van der Waals surface area contributed by atoms with Crippen LogP contribution in [0.15, 0.2) is 42.6 Å². The molecule has 0 spiro atoms. The van der Waals surface area contributed by atoms with Crippen molar-refractivity contribution in [3.63, 3.8) is 0 Å². The lowest BCUT2D eigenvalue weighted by Gasteiger charge is -2.38. The molecule has 28 heavy (non-hydrogen) atoms. The van der Waals surface area contributed by atoms with Gasteiger partial charge in [0.25, 0.3) is 0 Å². The first-order valence-corrected chi connectivity index (χ1v) is 9.77. The Hall–Kier alpha value is -2.76. The van der Waals surface area contributed by atoms with Crippen molar-refractivity contribution >= 4 is 5.91 Å². The number of amides is 1. The highest BCUT2D eigenvalue weighted by atomic mass is 16.5. The average Bonchev–Trinajstić information content (AvgIpc) is 2.99. The van der Waals surface area contributed by atoms with Crippen molar-refractivity contribution in [3.8, 4) is 17.4 Å². The van der Waals surface area contributed by atoms with Crippen molar-refractivity contribution in [3.05, 3.63) is 48.2 Å². The lowest BCUT2D eigenvalue weighted by Crippen LogP contribution is -2.49. The molecule has 2 aromatic rings. The Labute approximate surface area is 165 Å². The maximum absolute atomic E-state index is 13.0. The van der Waals surface area contributed by atoms with E-state index in [1.165, 1.54) is 0 Å². The number of nitrogens with zero attached hydrogens (tertiary/aromatic N) is 2. The number of hydrogen-bond acceptors (Lipinski definition) is 5. The summed E-state index contributed by atoms with van der Waals surface area (Å²) in [5, 5.41) is 0. The van der Waals surface area contributed by atoms with Gasteiger partial charge >= 0.3 is 0 Å². The molecule has 0 aliphatic carbocycles. The van der Waals surface area contributed by atoms with Gasteiger partial charge in [-0.1, -0.05) is 12.1 Å². The molecule has 2 saturated heterocycles. The summed E-state index contributed by atoms with van der Waals surface area (Å²) >= 11 is 0.